The molecule has 0 amide bonds. The summed E-state index contributed by atoms with van der Waals surface area (Å²) in [6.07, 6.45) is 0.245. The minimum Gasteiger partial charge on any atom is -0.377 e. The van der Waals surface area contributed by atoms with Crippen molar-refractivity contribution in [3.05, 3.63) is 71.8 Å². The molecule has 2 rings (SSSR count). The van der Waals surface area contributed by atoms with Gasteiger partial charge in [0.2, 0.25) is 0 Å². The van der Waals surface area contributed by atoms with Crippen LogP contribution in [0, 0.1) is 0 Å². The van der Waals surface area contributed by atoms with E-state index < -0.39 is 0 Å². The molecule has 6 nitrogen and oxygen atoms in total. The summed E-state index contributed by atoms with van der Waals surface area (Å²) < 4.78 is 10.8. The Kier molecular flexibility index (Phi) is 12.5. The van der Waals surface area contributed by atoms with E-state index >= 15 is 0 Å². The average molecular weight is 417 g/mol. The van der Waals surface area contributed by atoms with Crippen molar-refractivity contribution in [2.75, 3.05) is 55.5 Å². The summed E-state index contributed by atoms with van der Waals surface area (Å²) in [6.45, 7) is 1.76. The Morgan fingerprint density at radius 1 is 0.633 bits per heavy atom. The number of hydrogen-bond donors (Lipinski definition) is 2. The third kappa shape index (κ3) is 9.34. The Balaban J connectivity index is 0.000000304. The molecule has 4 N–H and O–H groups in total. The molecule has 0 aromatic heterocycles. The van der Waals surface area contributed by atoms with Crippen molar-refractivity contribution < 1.29 is 9.47 Å². The molecule has 0 aliphatic rings. The van der Waals surface area contributed by atoms with Gasteiger partial charge < -0.3 is 30.7 Å². The summed E-state index contributed by atoms with van der Waals surface area (Å²) in [5.41, 5.74) is 14.4. The van der Waals surface area contributed by atoms with Crippen LogP contribution in [0.5, 0.6) is 0 Å². The van der Waals surface area contributed by atoms with Crippen LogP contribution in [0.3, 0.4) is 0 Å². The van der Waals surface area contributed by atoms with Crippen LogP contribution < -0.4 is 11.5 Å². The fourth-order valence-corrected chi connectivity index (χ4v) is 3.17. The number of hydrogen-bond acceptors (Lipinski definition) is 6. The summed E-state index contributed by atoms with van der Waals surface area (Å²) in [5.74, 6) is 0. The summed E-state index contributed by atoms with van der Waals surface area (Å²) in [6, 6.07) is 19.6. The molecule has 2 aromatic carbocycles. The predicted octanol–water partition coefficient (Wildman–Crippen LogP) is 2.53. The van der Waals surface area contributed by atoms with E-state index in [4.69, 9.17) is 20.9 Å². The maximum absolute atomic E-state index is 6.15. The molecule has 4 atom stereocenters. The van der Waals surface area contributed by atoms with Crippen LogP contribution in [-0.2, 0) is 9.47 Å². The Hall–Kier alpha value is -1.80. The Morgan fingerprint density at radius 2 is 0.933 bits per heavy atom. The number of methoxy groups -OCH3 is 2. The maximum Gasteiger partial charge on any atom is 0.0971 e. The molecule has 30 heavy (non-hydrogen) atoms. The molecule has 168 valence electrons. The zero-order valence-corrected chi connectivity index (χ0v) is 19.4. The number of benzene rings is 2. The highest BCUT2D eigenvalue weighted by Crippen LogP contribution is 2.23. The van der Waals surface area contributed by atoms with Crippen molar-refractivity contribution >= 4 is 0 Å². The summed E-state index contributed by atoms with van der Waals surface area (Å²) >= 11 is 0. The number of ether oxygens (including phenoxy) is 2. The van der Waals surface area contributed by atoms with Gasteiger partial charge in [-0.3, -0.25) is 0 Å². The van der Waals surface area contributed by atoms with Gasteiger partial charge in [-0.25, -0.2) is 0 Å². The maximum atomic E-state index is 6.15. The van der Waals surface area contributed by atoms with Crippen LogP contribution in [0.25, 0.3) is 0 Å². The summed E-state index contributed by atoms with van der Waals surface area (Å²) in [4.78, 5) is 4.21. The summed E-state index contributed by atoms with van der Waals surface area (Å²) in [5, 5.41) is 0. The van der Waals surface area contributed by atoms with E-state index in [1.54, 1.807) is 14.2 Å². The smallest absolute Gasteiger partial charge is 0.0971 e. The normalized spacial score (nSPS) is 15.3. The van der Waals surface area contributed by atoms with Gasteiger partial charge in [-0.1, -0.05) is 60.7 Å². The second-order valence-corrected chi connectivity index (χ2v) is 7.95. The summed E-state index contributed by atoms with van der Waals surface area (Å²) in [7, 11) is 11.6. The number of nitrogens with zero attached hydrogens (tertiary/aromatic N) is 2. The van der Waals surface area contributed by atoms with Crippen LogP contribution in [0.15, 0.2) is 60.7 Å². The molecule has 0 bridgehead atoms. The zero-order valence-electron chi connectivity index (χ0n) is 19.4. The molecule has 0 fully saturated rings. The zero-order chi connectivity index (χ0) is 22.5. The topological polar surface area (TPSA) is 77.0 Å². The van der Waals surface area contributed by atoms with Crippen LogP contribution in [0.4, 0.5) is 0 Å². The van der Waals surface area contributed by atoms with E-state index in [9.17, 15) is 0 Å². The quantitative estimate of drug-likeness (QED) is 0.620. The minimum absolute atomic E-state index is 0.123. The first-order valence-electron chi connectivity index (χ1n) is 10.3. The monoisotopic (exact) mass is 416 g/mol. The van der Waals surface area contributed by atoms with Gasteiger partial charge in [-0.2, -0.15) is 0 Å². The van der Waals surface area contributed by atoms with Crippen LogP contribution in [0.1, 0.15) is 23.2 Å². The Bertz CT molecular complexity index is 608. The van der Waals surface area contributed by atoms with E-state index in [1.807, 2.05) is 88.9 Å². The van der Waals surface area contributed by atoms with Crippen LogP contribution in [-0.4, -0.2) is 77.5 Å². The molecule has 2 aromatic rings. The molecule has 0 heterocycles. The first kappa shape index (κ1) is 26.2. The van der Waals surface area contributed by atoms with Gasteiger partial charge in [0, 0.05) is 39.4 Å². The third-order valence-corrected chi connectivity index (χ3v) is 4.87. The second-order valence-electron chi connectivity index (χ2n) is 7.95. The van der Waals surface area contributed by atoms with E-state index in [2.05, 4.69) is 9.80 Å². The van der Waals surface area contributed by atoms with Crippen molar-refractivity contribution in [3.8, 4) is 0 Å². The van der Waals surface area contributed by atoms with Gasteiger partial charge in [-0.15, -0.1) is 0 Å². The van der Waals surface area contributed by atoms with Crippen molar-refractivity contribution in [1.29, 1.82) is 0 Å². The van der Waals surface area contributed by atoms with E-state index in [-0.39, 0.29) is 24.3 Å². The van der Waals surface area contributed by atoms with E-state index in [0.29, 0.717) is 0 Å². The van der Waals surface area contributed by atoms with Gasteiger partial charge in [0.1, 0.15) is 0 Å². The highest BCUT2D eigenvalue weighted by Gasteiger charge is 2.22. The number of likely N-dealkylation sites (N-methyl/N-ethyl adjacent to an activating group) is 2. The number of rotatable bonds is 10. The standard InChI is InChI=1S/C14H16N2.C10H24N2O2/c15-13(11-7-3-1-4-8-11)14(16)12-9-5-2-6-10-12;1-11(2)7-9(13-5)10(14-6)8-12(3)4/h1-10,13-14H,15-16H2;9-10H,7-8H2,1-6H3. The third-order valence-electron chi connectivity index (χ3n) is 4.87. The predicted molar refractivity (Wildman–Crippen MR) is 125 cm³/mol. The molecule has 0 aliphatic heterocycles. The van der Waals surface area contributed by atoms with Crippen LogP contribution >= 0.6 is 0 Å². The molecule has 0 saturated heterocycles. The fraction of sp³-hybridized carbons (Fsp3) is 0.500. The molecule has 6 heteroatoms. The van der Waals surface area contributed by atoms with Gasteiger partial charge in [-0.05, 0) is 39.3 Å². The SMILES string of the molecule is COC(CN(C)C)C(CN(C)C)OC.NC(c1ccccc1)C(N)c1ccccc1. The Morgan fingerprint density at radius 3 is 1.17 bits per heavy atom. The highest BCUT2D eigenvalue weighted by atomic mass is 16.5. The first-order valence-corrected chi connectivity index (χ1v) is 10.3. The lowest BCUT2D eigenvalue weighted by Crippen LogP contribution is -2.43. The van der Waals surface area contributed by atoms with E-state index in [0.717, 1.165) is 24.2 Å². The minimum atomic E-state index is -0.163. The number of nitrogens with two attached hydrogens (primary N) is 2. The van der Waals surface area contributed by atoms with Crippen molar-refractivity contribution in [3.63, 3.8) is 0 Å². The lowest BCUT2D eigenvalue weighted by Gasteiger charge is -2.29. The first-order chi connectivity index (χ1) is 14.3. The van der Waals surface area contributed by atoms with Gasteiger partial charge in [0.15, 0.2) is 0 Å². The molecular weight excluding hydrogens is 376 g/mol. The molecule has 4 unspecified atom stereocenters. The van der Waals surface area contributed by atoms with E-state index in [1.165, 1.54) is 0 Å². The van der Waals surface area contributed by atoms with Gasteiger partial charge in [0.05, 0.1) is 12.2 Å². The van der Waals surface area contributed by atoms with Crippen molar-refractivity contribution in [1.82, 2.24) is 9.80 Å². The largest absolute Gasteiger partial charge is 0.377 e. The van der Waals surface area contributed by atoms with Crippen LogP contribution in [0.2, 0.25) is 0 Å². The second kappa shape index (κ2) is 14.2. The lowest BCUT2D eigenvalue weighted by molar-refractivity contribution is -0.0539. The molecule has 0 saturated carbocycles. The van der Waals surface area contributed by atoms with Crippen molar-refractivity contribution in [2.24, 2.45) is 11.5 Å². The fourth-order valence-electron chi connectivity index (χ4n) is 3.17. The van der Waals surface area contributed by atoms with Gasteiger partial charge in [0.25, 0.3) is 0 Å². The Labute approximate surface area is 182 Å². The molecular formula is C24H40N4O2. The molecule has 0 spiro atoms. The average Bonchev–Trinajstić information content (AvgIpc) is 2.76. The molecule has 0 radical (unpaired) electrons. The van der Waals surface area contributed by atoms with Crippen molar-refractivity contribution in [2.45, 2.75) is 24.3 Å². The van der Waals surface area contributed by atoms with Gasteiger partial charge >= 0.3 is 0 Å². The highest BCUT2D eigenvalue weighted by molar-refractivity contribution is 5.26. The lowest BCUT2D eigenvalue weighted by atomic mass is 9.95. The molecule has 0 aliphatic carbocycles.